The van der Waals surface area contributed by atoms with E-state index in [1.54, 1.807) is 6.20 Å². The molecule has 2 aromatic rings. The molecule has 1 unspecified atom stereocenters. The number of aromatic nitrogens is 2. The molecule has 0 aliphatic heterocycles. The predicted octanol–water partition coefficient (Wildman–Crippen LogP) is 1.98. The molecule has 1 atom stereocenters. The summed E-state index contributed by atoms with van der Waals surface area (Å²) in [7, 11) is 0. The fourth-order valence-electron chi connectivity index (χ4n) is 1.79. The highest BCUT2D eigenvalue weighted by molar-refractivity contribution is 5.09. The van der Waals surface area contributed by atoms with Crippen molar-refractivity contribution in [2.75, 3.05) is 0 Å². The van der Waals surface area contributed by atoms with Crippen molar-refractivity contribution in [1.29, 1.82) is 0 Å². The smallest absolute Gasteiger partial charge is 0.0419 e. The minimum Gasteiger partial charge on any atom is -0.327 e. The second kappa shape index (κ2) is 6.11. The normalized spacial score (nSPS) is 12.3. The summed E-state index contributed by atoms with van der Waals surface area (Å²) in [6.45, 7) is 0. The van der Waals surface area contributed by atoms with E-state index in [4.69, 9.17) is 5.73 Å². The Morgan fingerprint density at radius 3 is 2.76 bits per heavy atom. The lowest BCUT2D eigenvalue weighted by molar-refractivity contribution is 0.602. The van der Waals surface area contributed by atoms with Gasteiger partial charge in [0.25, 0.3) is 0 Å². The van der Waals surface area contributed by atoms with E-state index < -0.39 is 0 Å². The Hall–Kier alpha value is -1.74. The average Bonchev–Trinajstić information content (AvgIpc) is 2.39. The Kier molecular flexibility index (Phi) is 4.22. The van der Waals surface area contributed by atoms with Crippen LogP contribution in [0.5, 0.6) is 0 Å². The molecule has 2 heterocycles. The zero-order valence-electron chi connectivity index (χ0n) is 9.79. The molecule has 2 rings (SSSR count). The van der Waals surface area contributed by atoms with Crippen LogP contribution in [0.1, 0.15) is 17.7 Å². The minimum absolute atomic E-state index is 0.158. The van der Waals surface area contributed by atoms with Gasteiger partial charge in [-0.25, -0.2) is 0 Å². The molecular weight excluding hydrogens is 210 g/mol. The van der Waals surface area contributed by atoms with Crippen LogP contribution in [0.25, 0.3) is 0 Å². The topological polar surface area (TPSA) is 51.8 Å². The molecule has 2 N–H and O–H groups in total. The van der Waals surface area contributed by atoms with Crippen LogP contribution in [-0.4, -0.2) is 16.0 Å². The van der Waals surface area contributed by atoms with Gasteiger partial charge in [-0.15, -0.1) is 0 Å². The van der Waals surface area contributed by atoms with Crippen LogP contribution in [-0.2, 0) is 12.8 Å². The molecule has 3 heteroatoms. The van der Waals surface area contributed by atoms with E-state index in [1.807, 2.05) is 36.7 Å². The van der Waals surface area contributed by atoms with Crippen LogP contribution >= 0.6 is 0 Å². The Labute approximate surface area is 102 Å². The van der Waals surface area contributed by atoms with Crippen LogP contribution in [0.3, 0.4) is 0 Å². The van der Waals surface area contributed by atoms with Crippen molar-refractivity contribution in [3.63, 3.8) is 0 Å². The second-order valence-corrected chi connectivity index (χ2v) is 4.19. The highest BCUT2D eigenvalue weighted by Gasteiger charge is 2.05. The van der Waals surface area contributed by atoms with Crippen molar-refractivity contribution in [2.45, 2.75) is 25.3 Å². The first-order chi connectivity index (χ1) is 8.34. The van der Waals surface area contributed by atoms with Gasteiger partial charge in [-0.05, 0) is 36.6 Å². The molecule has 0 spiro atoms. The molecule has 3 nitrogen and oxygen atoms in total. The van der Waals surface area contributed by atoms with Gasteiger partial charge >= 0.3 is 0 Å². The summed E-state index contributed by atoms with van der Waals surface area (Å²) in [5.41, 5.74) is 8.39. The van der Waals surface area contributed by atoms with Gasteiger partial charge in [0.1, 0.15) is 0 Å². The molecular formula is C14H17N3. The summed E-state index contributed by atoms with van der Waals surface area (Å²) in [6.07, 6.45) is 8.26. The highest BCUT2D eigenvalue weighted by atomic mass is 14.7. The number of rotatable bonds is 5. The summed E-state index contributed by atoms with van der Waals surface area (Å²) in [6, 6.07) is 10.1. The first-order valence-electron chi connectivity index (χ1n) is 5.89. The number of pyridine rings is 2. The van der Waals surface area contributed by atoms with Gasteiger partial charge in [-0.3, -0.25) is 9.97 Å². The van der Waals surface area contributed by atoms with Crippen molar-refractivity contribution in [3.8, 4) is 0 Å². The zero-order valence-corrected chi connectivity index (χ0v) is 9.79. The van der Waals surface area contributed by atoms with E-state index in [0.717, 1.165) is 25.0 Å². The maximum atomic E-state index is 6.09. The van der Waals surface area contributed by atoms with E-state index in [-0.39, 0.29) is 6.04 Å². The first-order valence-corrected chi connectivity index (χ1v) is 5.89. The van der Waals surface area contributed by atoms with Crippen molar-refractivity contribution in [2.24, 2.45) is 5.73 Å². The van der Waals surface area contributed by atoms with Crippen LogP contribution < -0.4 is 5.73 Å². The maximum absolute atomic E-state index is 6.09. The van der Waals surface area contributed by atoms with Gasteiger partial charge in [0.15, 0.2) is 0 Å². The molecule has 0 saturated heterocycles. The van der Waals surface area contributed by atoms with E-state index in [1.165, 1.54) is 5.56 Å². The Bertz CT molecular complexity index is 428. The summed E-state index contributed by atoms with van der Waals surface area (Å²) in [4.78, 5) is 8.37. The predicted molar refractivity (Wildman–Crippen MR) is 68.5 cm³/mol. The fourth-order valence-corrected chi connectivity index (χ4v) is 1.79. The van der Waals surface area contributed by atoms with E-state index >= 15 is 0 Å². The third kappa shape index (κ3) is 3.96. The highest BCUT2D eigenvalue weighted by Crippen LogP contribution is 2.06. The molecule has 0 fully saturated rings. The largest absolute Gasteiger partial charge is 0.327 e. The molecule has 0 aliphatic carbocycles. The van der Waals surface area contributed by atoms with Crippen molar-refractivity contribution < 1.29 is 0 Å². The first kappa shape index (κ1) is 11.7. The zero-order chi connectivity index (χ0) is 11.9. The van der Waals surface area contributed by atoms with Crippen LogP contribution in [0.4, 0.5) is 0 Å². The Morgan fingerprint density at radius 2 is 2.06 bits per heavy atom. The molecule has 0 saturated carbocycles. The average molecular weight is 227 g/mol. The number of aryl methyl sites for hydroxylation is 1. The summed E-state index contributed by atoms with van der Waals surface area (Å²) in [5.74, 6) is 0. The SMILES string of the molecule is NC(CCc1cccnc1)Cc1ccccn1. The monoisotopic (exact) mass is 227 g/mol. The summed E-state index contributed by atoms with van der Waals surface area (Å²) < 4.78 is 0. The lowest BCUT2D eigenvalue weighted by Crippen LogP contribution is -2.24. The Morgan fingerprint density at radius 1 is 1.12 bits per heavy atom. The van der Waals surface area contributed by atoms with E-state index in [0.29, 0.717) is 0 Å². The standard InChI is InChI=1S/C14H17N3/c15-13(10-14-5-1-2-9-17-14)7-6-12-4-3-8-16-11-12/h1-5,8-9,11,13H,6-7,10,15H2. The third-order valence-electron chi connectivity index (χ3n) is 2.72. The fraction of sp³-hybridized carbons (Fsp3) is 0.286. The summed E-state index contributed by atoms with van der Waals surface area (Å²) in [5, 5.41) is 0. The van der Waals surface area contributed by atoms with Gasteiger partial charge in [-0.1, -0.05) is 12.1 Å². The molecule has 0 amide bonds. The van der Waals surface area contributed by atoms with Crippen LogP contribution in [0, 0.1) is 0 Å². The molecule has 0 bridgehead atoms. The molecule has 0 radical (unpaired) electrons. The van der Waals surface area contributed by atoms with Gasteiger partial charge in [0.05, 0.1) is 0 Å². The van der Waals surface area contributed by atoms with E-state index in [2.05, 4.69) is 16.0 Å². The summed E-state index contributed by atoms with van der Waals surface area (Å²) >= 11 is 0. The lowest BCUT2D eigenvalue weighted by atomic mass is 10.0. The number of hydrogen-bond acceptors (Lipinski definition) is 3. The molecule has 0 aromatic carbocycles. The molecule has 2 aromatic heterocycles. The number of nitrogens with two attached hydrogens (primary N) is 1. The number of nitrogens with zero attached hydrogens (tertiary/aromatic N) is 2. The van der Waals surface area contributed by atoms with E-state index in [9.17, 15) is 0 Å². The Balaban J connectivity index is 1.80. The van der Waals surface area contributed by atoms with Crippen LogP contribution in [0.2, 0.25) is 0 Å². The molecule has 0 aliphatic rings. The van der Waals surface area contributed by atoms with Gasteiger partial charge in [0, 0.05) is 36.7 Å². The maximum Gasteiger partial charge on any atom is 0.0419 e. The molecule has 88 valence electrons. The van der Waals surface area contributed by atoms with Crippen LogP contribution in [0.15, 0.2) is 48.9 Å². The number of hydrogen-bond donors (Lipinski definition) is 1. The minimum atomic E-state index is 0.158. The second-order valence-electron chi connectivity index (χ2n) is 4.19. The van der Waals surface area contributed by atoms with Crippen molar-refractivity contribution >= 4 is 0 Å². The van der Waals surface area contributed by atoms with Gasteiger partial charge in [-0.2, -0.15) is 0 Å². The van der Waals surface area contributed by atoms with Gasteiger partial charge < -0.3 is 5.73 Å². The van der Waals surface area contributed by atoms with Crippen molar-refractivity contribution in [3.05, 3.63) is 60.2 Å². The van der Waals surface area contributed by atoms with Crippen molar-refractivity contribution in [1.82, 2.24) is 9.97 Å². The lowest BCUT2D eigenvalue weighted by Gasteiger charge is -2.10. The molecule has 17 heavy (non-hydrogen) atoms. The quantitative estimate of drug-likeness (QED) is 0.849. The van der Waals surface area contributed by atoms with Gasteiger partial charge in [0.2, 0.25) is 0 Å². The third-order valence-corrected chi connectivity index (χ3v) is 2.72.